The van der Waals surface area contributed by atoms with Crippen LogP contribution < -0.4 is 5.32 Å². The van der Waals surface area contributed by atoms with Crippen LogP contribution in [-0.2, 0) is 6.54 Å². The summed E-state index contributed by atoms with van der Waals surface area (Å²) in [5.74, 6) is 0.788. The zero-order valence-corrected chi connectivity index (χ0v) is 9.57. The summed E-state index contributed by atoms with van der Waals surface area (Å²) in [6.45, 7) is 2.84. The van der Waals surface area contributed by atoms with Gasteiger partial charge in [-0.15, -0.1) is 0 Å². The van der Waals surface area contributed by atoms with Crippen LogP contribution in [0.2, 0.25) is 0 Å². The third-order valence-corrected chi connectivity index (χ3v) is 2.35. The molecule has 0 radical (unpaired) electrons. The predicted molar refractivity (Wildman–Crippen MR) is 65.0 cm³/mol. The first-order valence-electron chi connectivity index (χ1n) is 5.33. The van der Waals surface area contributed by atoms with Crippen molar-refractivity contribution in [3.8, 4) is 11.4 Å². The number of rotatable bonds is 3. The maximum Gasteiger partial charge on any atom is 0.159 e. The van der Waals surface area contributed by atoms with Gasteiger partial charge >= 0.3 is 0 Å². The fraction of sp³-hybridized carbons (Fsp3) is 0.231. The van der Waals surface area contributed by atoms with E-state index in [1.807, 2.05) is 25.2 Å². The first-order valence-corrected chi connectivity index (χ1v) is 5.33. The molecule has 0 aliphatic carbocycles. The van der Waals surface area contributed by atoms with Crippen molar-refractivity contribution in [2.75, 3.05) is 7.05 Å². The average molecular weight is 213 g/mol. The van der Waals surface area contributed by atoms with Crippen LogP contribution in [0.1, 0.15) is 11.3 Å². The number of aromatic nitrogens is 2. The lowest BCUT2D eigenvalue weighted by Crippen LogP contribution is -2.07. The van der Waals surface area contributed by atoms with Crippen LogP contribution in [0.3, 0.4) is 0 Å². The molecule has 2 aromatic rings. The Morgan fingerprint density at radius 3 is 2.88 bits per heavy atom. The SMILES string of the molecule is CNCc1ccnc(-c2cccc(C)c2)n1. The minimum absolute atomic E-state index is 0.765. The van der Waals surface area contributed by atoms with Crippen LogP contribution in [0.4, 0.5) is 0 Å². The summed E-state index contributed by atoms with van der Waals surface area (Å²) in [5, 5.41) is 3.08. The van der Waals surface area contributed by atoms with E-state index in [4.69, 9.17) is 0 Å². The summed E-state index contributed by atoms with van der Waals surface area (Å²) in [6, 6.07) is 10.2. The molecule has 3 nitrogen and oxygen atoms in total. The molecule has 0 bridgehead atoms. The van der Waals surface area contributed by atoms with E-state index in [2.05, 4.69) is 34.3 Å². The van der Waals surface area contributed by atoms with Crippen LogP contribution in [0.5, 0.6) is 0 Å². The van der Waals surface area contributed by atoms with Crippen molar-refractivity contribution in [2.45, 2.75) is 13.5 Å². The van der Waals surface area contributed by atoms with Crippen molar-refractivity contribution in [2.24, 2.45) is 0 Å². The lowest BCUT2D eigenvalue weighted by atomic mass is 10.1. The van der Waals surface area contributed by atoms with Crippen LogP contribution in [0.25, 0.3) is 11.4 Å². The summed E-state index contributed by atoms with van der Waals surface area (Å²) < 4.78 is 0. The summed E-state index contributed by atoms with van der Waals surface area (Å²) in [7, 11) is 1.91. The van der Waals surface area contributed by atoms with E-state index in [0.29, 0.717) is 0 Å². The zero-order chi connectivity index (χ0) is 11.4. The second-order valence-corrected chi connectivity index (χ2v) is 3.77. The van der Waals surface area contributed by atoms with Crippen molar-refractivity contribution in [3.05, 3.63) is 47.8 Å². The van der Waals surface area contributed by atoms with Gasteiger partial charge in [-0.25, -0.2) is 9.97 Å². The number of nitrogens with one attached hydrogen (secondary N) is 1. The lowest BCUT2D eigenvalue weighted by molar-refractivity contribution is 0.788. The van der Waals surface area contributed by atoms with Gasteiger partial charge in [0, 0.05) is 18.3 Å². The summed E-state index contributed by atoms with van der Waals surface area (Å²) in [5.41, 5.74) is 3.30. The van der Waals surface area contributed by atoms with Gasteiger partial charge in [0.2, 0.25) is 0 Å². The van der Waals surface area contributed by atoms with Gasteiger partial charge in [0.15, 0.2) is 5.82 Å². The third-order valence-electron chi connectivity index (χ3n) is 2.35. The summed E-state index contributed by atoms with van der Waals surface area (Å²) in [4.78, 5) is 8.79. The highest BCUT2D eigenvalue weighted by Gasteiger charge is 2.02. The molecular weight excluding hydrogens is 198 g/mol. The predicted octanol–water partition coefficient (Wildman–Crippen LogP) is 2.17. The normalized spacial score (nSPS) is 10.4. The quantitative estimate of drug-likeness (QED) is 0.849. The molecule has 0 aliphatic rings. The summed E-state index contributed by atoms with van der Waals surface area (Å²) in [6.07, 6.45) is 1.80. The molecule has 1 aromatic carbocycles. The standard InChI is InChI=1S/C13H15N3/c1-10-4-3-5-11(8-10)13-15-7-6-12(16-13)9-14-2/h3-8,14H,9H2,1-2H3. The number of hydrogen-bond acceptors (Lipinski definition) is 3. The molecule has 2 rings (SSSR count). The number of benzene rings is 1. The Morgan fingerprint density at radius 1 is 1.25 bits per heavy atom. The molecule has 1 N–H and O–H groups in total. The van der Waals surface area contributed by atoms with Crippen molar-refractivity contribution < 1.29 is 0 Å². The Labute approximate surface area is 95.6 Å². The highest BCUT2D eigenvalue weighted by atomic mass is 14.9. The number of aryl methyl sites for hydroxylation is 1. The molecule has 16 heavy (non-hydrogen) atoms. The zero-order valence-electron chi connectivity index (χ0n) is 9.57. The fourth-order valence-electron chi connectivity index (χ4n) is 1.60. The topological polar surface area (TPSA) is 37.8 Å². The second kappa shape index (κ2) is 4.86. The van der Waals surface area contributed by atoms with Gasteiger partial charge in [0.05, 0.1) is 5.69 Å². The van der Waals surface area contributed by atoms with E-state index >= 15 is 0 Å². The van der Waals surface area contributed by atoms with Gasteiger partial charge < -0.3 is 5.32 Å². The largest absolute Gasteiger partial charge is 0.314 e. The van der Waals surface area contributed by atoms with Gasteiger partial charge in [-0.2, -0.15) is 0 Å². The number of nitrogens with zero attached hydrogens (tertiary/aromatic N) is 2. The number of hydrogen-bond donors (Lipinski definition) is 1. The molecule has 0 spiro atoms. The smallest absolute Gasteiger partial charge is 0.159 e. The van der Waals surface area contributed by atoms with Crippen LogP contribution in [-0.4, -0.2) is 17.0 Å². The lowest BCUT2D eigenvalue weighted by Gasteiger charge is -2.04. The Balaban J connectivity index is 2.36. The molecule has 0 unspecified atom stereocenters. The third kappa shape index (κ3) is 2.44. The molecule has 0 saturated carbocycles. The van der Waals surface area contributed by atoms with Crippen molar-refractivity contribution in [3.63, 3.8) is 0 Å². The van der Waals surface area contributed by atoms with Crippen LogP contribution in [0.15, 0.2) is 36.5 Å². The van der Waals surface area contributed by atoms with E-state index in [-0.39, 0.29) is 0 Å². The van der Waals surface area contributed by atoms with E-state index in [9.17, 15) is 0 Å². The maximum absolute atomic E-state index is 4.50. The molecule has 0 fully saturated rings. The Kier molecular flexibility index (Phi) is 3.27. The van der Waals surface area contributed by atoms with Crippen LogP contribution >= 0.6 is 0 Å². The van der Waals surface area contributed by atoms with Crippen LogP contribution in [0, 0.1) is 6.92 Å². The van der Waals surface area contributed by atoms with Crippen molar-refractivity contribution in [1.82, 2.24) is 15.3 Å². The molecular formula is C13H15N3. The molecule has 82 valence electrons. The van der Waals surface area contributed by atoms with Gasteiger partial charge in [-0.1, -0.05) is 23.8 Å². The maximum atomic E-state index is 4.50. The van der Waals surface area contributed by atoms with Crippen molar-refractivity contribution in [1.29, 1.82) is 0 Å². The minimum atomic E-state index is 0.765. The average Bonchev–Trinajstić information content (AvgIpc) is 2.30. The fourth-order valence-corrected chi connectivity index (χ4v) is 1.60. The van der Waals surface area contributed by atoms with E-state index < -0.39 is 0 Å². The molecule has 0 atom stereocenters. The van der Waals surface area contributed by atoms with E-state index in [1.165, 1.54) is 5.56 Å². The highest BCUT2D eigenvalue weighted by molar-refractivity contribution is 5.55. The Morgan fingerprint density at radius 2 is 2.12 bits per heavy atom. The molecule has 0 aliphatic heterocycles. The first kappa shape index (κ1) is 10.8. The first-order chi connectivity index (χ1) is 7.79. The Hall–Kier alpha value is -1.74. The van der Waals surface area contributed by atoms with Gasteiger partial charge in [0.25, 0.3) is 0 Å². The Bertz CT molecular complexity index is 480. The molecule has 3 heteroatoms. The van der Waals surface area contributed by atoms with Crippen molar-refractivity contribution >= 4 is 0 Å². The molecule has 1 heterocycles. The van der Waals surface area contributed by atoms with E-state index in [0.717, 1.165) is 23.6 Å². The van der Waals surface area contributed by atoms with Gasteiger partial charge in [-0.3, -0.25) is 0 Å². The van der Waals surface area contributed by atoms with Gasteiger partial charge in [0.1, 0.15) is 0 Å². The molecule has 0 saturated heterocycles. The summed E-state index contributed by atoms with van der Waals surface area (Å²) >= 11 is 0. The minimum Gasteiger partial charge on any atom is -0.314 e. The molecule has 1 aromatic heterocycles. The highest BCUT2D eigenvalue weighted by Crippen LogP contribution is 2.15. The van der Waals surface area contributed by atoms with Gasteiger partial charge in [-0.05, 0) is 26.1 Å². The van der Waals surface area contributed by atoms with E-state index in [1.54, 1.807) is 6.20 Å². The second-order valence-electron chi connectivity index (χ2n) is 3.77. The molecule has 0 amide bonds. The monoisotopic (exact) mass is 213 g/mol.